The van der Waals surface area contributed by atoms with E-state index in [0.717, 1.165) is 6.42 Å². The molecule has 1 fully saturated rings. The zero-order valence-corrected chi connectivity index (χ0v) is 17.1. The molecule has 0 bridgehead atoms. The summed E-state index contributed by atoms with van der Waals surface area (Å²) in [6.07, 6.45) is 2.44. The fourth-order valence-electron chi connectivity index (χ4n) is 2.96. The summed E-state index contributed by atoms with van der Waals surface area (Å²) < 4.78 is 11.0. The van der Waals surface area contributed by atoms with Crippen molar-refractivity contribution in [3.8, 4) is 11.5 Å². The third-order valence-corrected chi connectivity index (χ3v) is 4.60. The van der Waals surface area contributed by atoms with Gasteiger partial charge in [-0.15, -0.1) is 0 Å². The summed E-state index contributed by atoms with van der Waals surface area (Å²) in [4.78, 5) is 30.7. The second-order valence-corrected chi connectivity index (χ2v) is 6.85. The van der Waals surface area contributed by atoms with Crippen LogP contribution in [0.1, 0.15) is 23.7 Å². The zero-order valence-electron chi connectivity index (χ0n) is 16.3. The van der Waals surface area contributed by atoms with Gasteiger partial charge in [0.05, 0.1) is 31.0 Å². The highest BCUT2D eigenvalue weighted by atomic mass is 35.5. The normalized spacial score (nSPS) is 13.6. The summed E-state index contributed by atoms with van der Waals surface area (Å²) in [5, 5.41) is 5.91. The van der Waals surface area contributed by atoms with Gasteiger partial charge in [0, 0.05) is 24.8 Å². The number of rotatable bonds is 7. The number of methoxy groups -OCH3 is 1. The first kappa shape index (κ1) is 20.7. The van der Waals surface area contributed by atoms with Gasteiger partial charge in [-0.1, -0.05) is 18.5 Å². The van der Waals surface area contributed by atoms with E-state index in [2.05, 4.69) is 15.6 Å². The lowest BCUT2D eigenvalue weighted by atomic mass is 10.1. The standard InChI is InChI=1S/C20H23ClN4O4/c1-3-9-29-18-14(21)10-13(11-16(18)28-2)20(27)24-15-5-4-6-23-19(15)25-8-7-22-17(26)12-25/h4-6,10-11H,3,7-9,12H2,1-2H3,(H,22,26)(H,24,27). The van der Waals surface area contributed by atoms with Crippen LogP contribution in [0.2, 0.25) is 5.02 Å². The van der Waals surface area contributed by atoms with E-state index in [4.69, 9.17) is 21.1 Å². The first-order chi connectivity index (χ1) is 14.0. The Bertz CT molecular complexity index is 906. The lowest BCUT2D eigenvalue weighted by Crippen LogP contribution is -2.48. The molecule has 2 N–H and O–H groups in total. The molecule has 8 nitrogen and oxygen atoms in total. The van der Waals surface area contributed by atoms with Gasteiger partial charge in [-0.25, -0.2) is 4.98 Å². The third kappa shape index (κ3) is 4.89. The fraction of sp³-hybridized carbons (Fsp3) is 0.350. The number of halogens is 1. The van der Waals surface area contributed by atoms with Gasteiger partial charge in [-0.2, -0.15) is 0 Å². The molecule has 0 saturated carbocycles. The van der Waals surface area contributed by atoms with Crippen molar-refractivity contribution in [3.63, 3.8) is 0 Å². The monoisotopic (exact) mass is 418 g/mol. The summed E-state index contributed by atoms with van der Waals surface area (Å²) >= 11 is 6.32. The van der Waals surface area contributed by atoms with Gasteiger partial charge in [-0.05, 0) is 30.7 Å². The molecule has 2 amide bonds. The highest BCUT2D eigenvalue weighted by molar-refractivity contribution is 6.32. The van der Waals surface area contributed by atoms with Gasteiger partial charge < -0.3 is 25.0 Å². The molecule has 1 aromatic carbocycles. The molecule has 0 aliphatic carbocycles. The number of carbonyl (C=O) groups excluding carboxylic acids is 2. The predicted molar refractivity (Wildman–Crippen MR) is 111 cm³/mol. The molecule has 2 heterocycles. The van der Waals surface area contributed by atoms with E-state index in [-0.39, 0.29) is 18.4 Å². The maximum absolute atomic E-state index is 12.9. The van der Waals surface area contributed by atoms with E-state index < -0.39 is 0 Å². The summed E-state index contributed by atoms with van der Waals surface area (Å²) in [6, 6.07) is 6.58. The van der Waals surface area contributed by atoms with Crippen molar-refractivity contribution in [1.82, 2.24) is 10.3 Å². The molecular formula is C20H23ClN4O4. The lowest BCUT2D eigenvalue weighted by molar-refractivity contribution is -0.120. The number of ether oxygens (including phenoxy) is 2. The van der Waals surface area contributed by atoms with E-state index in [0.29, 0.717) is 53.3 Å². The van der Waals surface area contributed by atoms with Crippen molar-refractivity contribution in [3.05, 3.63) is 41.0 Å². The van der Waals surface area contributed by atoms with Crippen molar-refractivity contribution in [2.75, 3.05) is 43.6 Å². The number of piperazine rings is 1. The molecule has 1 aliphatic heterocycles. The Hall–Kier alpha value is -3.00. The largest absolute Gasteiger partial charge is 0.493 e. The smallest absolute Gasteiger partial charge is 0.255 e. The van der Waals surface area contributed by atoms with Crippen molar-refractivity contribution >= 4 is 34.9 Å². The molecule has 0 unspecified atom stereocenters. The first-order valence-electron chi connectivity index (χ1n) is 9.31. The second kappa shape index (κ2) is 9.47. The van der Waals surface area contributed by atoms with E-state index >= 15 is 0 Å². The predicted octanol–water partition coefficient (Wildman–Crippen LogP) is 2.72. The summed E-state index contributed by atoms with van der Waals surface area (Å²) in [6.45, 7) is 3.79. The third-order valence-electron chi connectivity index (χ3n) is 4.31. The molecule has 0 atom stereocenters. The Morgan fingerprint density at radius 1 is 1.41 bits per heavy atom. The molecule has 0 spiro atoms. The fourth-order valence-corrected chi connectivity index (χ4v) is 3.22. The highest BCUT2D eigenvalue weighted by Crippen LogP contribution is 2.37. The maximum atomic E-state index is 12.9. The van der Waals surface area contributed by atoms with Gasteiger partial charge in [-0.3, -0.25) is 9.59 Å². The van der Waals surface area contributed by atoms with Crippen LogP contribution in [0.5, 0.6) is 11.5 Å². The van der Waals surface area contributed by atoms with Gasteiger partial charge in [0.2, 0.25) is 5.91 Å². The Labute approximate surface area is 174 Å². The average Bonchev–Trinajstić information content (AvgIpc) is 2.72. The molecule has 0 radical (unpaired) electrons. The quantitative estimate of drug-likeness (QED) is 0.718. The molecule has 1 aliphatic rings. The molecule has 2 aromatic rings. The molecule has 9 heteroatoms. The van der Waals surface area contributed by atoms with Gasteiger partial charge in [0.15, 0.2) is 17.3 Å². The number of amides is 2. The summed E-state index contributed by atoms with van der Waals surface area (Å²) in [5.74, 6) is 0.877. The van der Waals surface area contributed by atoms with E-state index in [1.165, 1.54) is 13.2 Å². The molecular weight excluding hydrogens is 396 g/mol. The van der Waals surface area contributed by atoms with Gasteiger partial charge in [0.1, 0.15) is 0 Å². The molecule has 29 heavy (non-hydrogen) atoms. The minimum atomic E-state index is -0.372. The summed E-state index contributed by atoms with van der Waals surface area (Å²) in [5.41, 5.74) is 0.829. The molecule has 1 aromatic heterocycles. The van der Waals surface area contributed by atoms with Crippen molar-refractivity contribution in [2.24, 2.45) is 0 Å². The SMILES string of the molecule is CCCOc1c(Cl)cc(C(=O)Nc2cccnc2N2CCNC(=O)C2)cc1OC. The van der Waals surface area contributed by atoms with Crippen molar-refractivity contribution in [1.29, 1.82) is 0 Å². The molecule has 1 saturated heterocycles. The van der Waals surface area contributed by atoms with Crippen LogP contribution in [0.3, 0.4) is 0 Å². The molecule has 3 rings (SSSR count). The lowest BCUT2D eigenvalue weighted by Gasteiger charge is -2.29. The first-order valence-corrected chi connectivity index (χ1v) is 9.69. The van der Waals surface area contributed by atoms with Crippen LogP contribution in [-0.4, -0.2) is 50.1 Å². The van der Waals surface area contributed by atoms with Crippen LogP contribution in [0.25, 0.3) is 0 Å². The van der Waals surface area contributed by atoms with Crippen LogP contribution < -0.4 is 25.0 Å². The Kier molecular flexibility index (Phi) is 6.77. The highest BCUT2D eigenvalue weighted by Gasteiger charge is 2.22. The number of benzene rings is 1. The Morgan fingerprint density at radius 3 is 2.97 bits per heavy atom. The number of pyridine rings is 1. The van der Waals surface area contributed by atoms with Crippen LogP contribution in [0.4, 0.5) is 11.5 Å². The number of nitrogens with zero attached hydrogens (tertiary/aromatic N) is 2. The number of carbonyl (C=O) groups is 2. The van der Waals surface area contributed by atoms with Gasteiger partial charge >= 0.3 is 0 Å². The number of aromatic nitrogens is 1. The minimum absolute atomic E-state index is 0.0848. The van der Waals surface area contributed by atoms with E-state index in [1.54, 1.807) is 24.4 Å². The van der Waals surface area contributed by atoms with E-state index in [9.17, 15) is 9.59 Å². The van der Waals surface area contributed by atoms with Crippen LogP contribution in [0, 0.1) is 0 Å². The Morgan fingerprint density at radius 2 is 2.24 bits per heavy atom. The maximum Gasteiger partial charge on any atom is 0.255 e. The number of nitrogens with one attached hydrogen (secondary N) is 2. The Balaban J connectivity index is 1.84. The molecule has 154 valence electrons. The van der Waals surface area contributed by atoms with Crippen LogP contribution in [-0.2, 0) is 4.79 Å². The van der Waals surface area contributed by atoms with Crippen LogP contribution in [0.15, 0.2) is 30.5 Å². The summed E-state index contributed by atoms with van der Waals surface area (Å²) in [7, 11) is 1.49. The van der Waals surface area contributed by atoms with Crippen molar-refractivity contribution in [2.45, 2.75) is 13.3 Å². The van der Waals surface area contributed by atoms with Crippen LogP contribution >= 0.6 is 11.6 Å². The number of hydrogen-bond acceptors (Lipinski definition) is 6. The minimum Gasteiger partial charge on any atom is -0.493 e. The number of anilines is 2. The van der Waals surface area contributed by atoms with Gasteiger partial charge in [0.25, 0.3) is 5.91 Å². The van der Waals surface area contributed by atoms with E-state index in [1.807, 2.05) is 11.8 Å². The average molecular weight is 419 g/mol. The second-order valence-electron chi connectivity index (χ2n) is 6.44. The zero-order chi connectivity index (χ0) is 20.8. The topological polar surface area (TPSA) is 92.8 Å². The van der Waals surface area contributed by atoms with Crippen molar-refractivity contribution < 1.29 is 19.1 Å². The number of hydrogen-bond donors (Lipinski definition) is 2.